The van der Waals surface area contributed by atoms with Gasteiger partial charge in [0, 0.05) is 25.8 Å². The first-order valence-electron chi connectivity index (χ1n) is 8.54. The number of rotatable bonds is 3. The number of methoxy groups -OCH3 is 1. The third-order valence-corrected chi connectivity index (χ3v) is 4.92. The van der Waals surface area contributed by atoms with Gasteiger partial charge in [0.15, 0.2) is 11.2 Å². The maximum Gasteiger partial charge on any atom is 0.333 e. The Morgan fingerprint density at radius 2 is 1.96 bits per heavy atom. The van der Waals surface area contributed by atoms with Gasteiger partial charge in [0.25, 0.3) is 5.56 Å². The van der Waals surface area contributed by atoms with E-state index in [9.17, 15) is 14.4 Å². The molecule has 0 unspecified atom stereocenters. The summed E-state index contributed by atoms with van der Waals surface area (Å²) in [4.78, 5) is 43.7. The third-order valence-electron chi connectivity index (χ3n) is 4.92. The molecule has 27 heavy (non-hydrogen) atoms. The molecule has 0 atom stereocenters. The van der Waals surface area contributed by atoms with Crippen LogP contribution < -0.4 is 16.1 Å². The number of carbonyl (C=O) groups excluding carboxylic acids is 1. The number of nitrogens with zero attached hydrogens (tertiary/aromatic N) is 5. The van der Waals surface area contributed by atoms with Gasteiger partial charge in [-0.05, 0) is 18.6 Å². The number of benzene rings is 1. The zero-order valence-electron chi connectivity index (χ0n) is 15.3. The molecule has 0 aliphatic carbocycles. The summed E-state index contributed by atoms with van der Waals surface area (Å²) in [7, 11) is 2.76. The van der Waals surface area contributed by atoms with Crippen molar-refractivity contribution in [3.8, 4) is 0 Å². The van der Waals surface area contributed by atoms with Crippen LogP contribution in [0.25, 0.3) is 11.2 Å². The molecule has 0 amide bonds. The highest BCUT2D eigenvalue weighted by atomic mass is 16.5. The molecule has 0 N–H and O–H groups in total. The van der Waals surface area contributed by atoms with E-state index in [0.29, 0.717) is 30.2 Å². The molecule has 3 heterocycles. The van der Waals surface area contributed by atoms with Gasteiger partial charge in [-0.3, -0.25) is 14.2 Å². The van der Waals surface area contributed by atoms with Gasteiger partial charge >= 0.3 is 11.7 Å². The summed E-state index contributed by atoms with van der Waals surface area (Å²) in [5.41, 5.74) is 1.58. The predicted molar refractivity (Wildman–Crippen MR) is 99.4 cm³/mol. The average molecular weight is 369 g/mol. The van der Waals surface area contributed by atoms with Crippen molar-refractivity contribution in [1.82, 2.24) is 18.7 Å². The van der Waals surface area contributed by atoms with Gasteiger partial charge in [-0.2, -0.15) is 4.98 Å². The van der Waals surface area contributed by atoms with Gasteiger partial charge in [0.05, 0.1) is 7.11 Å². The summed E-state index contributed by atoms with van der Waals surface area (Å²) in [6, 6.07) is 7.93. The molecule has 0 saturated heterocycles. The molecule has 140 valence electrons. The summed E-state index contributed by atoms with van der Waals surface area (Å²) in [6.45, 7) is 2.81. The summed E-state index contributed by atoms with van der Waals surface area (Å²) in [5, 5.41) is 0. The van der Waals surface area contributed by atoms with Gasteiger partial charge in [0.1, 0.15) is 6.54 Å². The Hall–Kier alpha value is -3.36. The number of imidazole rings is 1. The lowest BCUT2D eigenvalue weighted by Gasteiger charge is -2.18. The number of fused-ring (bicyclic) bond motifs is 3. The van der Waals surface area contributed by atoms with E-state index < -0.39 is 23.8 Å². The summed E-state index contributed by atoms with van der Waals surface area (Å²) in [5.74, 6) is -0.0431. The fourth-order valence-electron chi connectivity index (χ4n) is 3.51. The van der Waals surface area contributed by atoms with Crippen molar-refractivity contribution in [2.45, 2.75) is 20.0 Å². The number of esters is 1. The van der Waals surface area contributed by atoms with E-state index in [2.05, 4.69) is 9.72 Å². The number of para-hydroxylation sites is 1. The maximum absolute atomic E-state index is 12.9. The molecule has 1 aliphatic heterocycles. The third kappa shape index (κ3) is 2.46. The minimum absolute atomic E-state index is 0.305. The number of aryl methyl sites for hydroxylation is 2. The number of hydrogen-bond acceptors (Lipinski definition) is 6. The van der Waals surface area contributed by atoms with Crippen molar-refractivity contribution in [3.63, 3.8) is 0 Å². The first kappa shape index (κ1) is 17.1. The molecule has 9 nitrogen and oxygen atoms in total. The minimum Gasteiger partial charge on any atom is -0.468 e. The van der Waals surface area contributed by atoms with E-state index >= 15 is 0 Å². The van der Waals surface area contributed by atoms with Gasteiger partial charge in [-0.25, -0.2) is 9.36 Å². The van der Waals surface area contributed by atoms with Crippen molar-refractivity contribution in [2.24, 2.45) is 7.05 Å². The highest BCUT2D eigenvalue weighted by molar-refractivity contribution is 5.78. The van der Waals surface area contributed by atoms with Crippen LogP contribution in [0.2, 0.25) is 0 Å². The molecule has 0 saturated carbocycles. The smallest absolute Gasteiger partial charge is 0.333 e. The quantitative estimate of drug-likeness (QED) is 0.626. The Morgan fingerprint density at radius 1 is 1.22 bits per heavy atom. The van der Waals surface area contributed by atoms with Crippen LogP contribution >= 0.6 is 0 Å². The normalized spacial score (nSPS) is 13.2. The predicted octanol–water partition coefficient (Wildman–Crippen LogP) is 0.530. The second-order valence-electron chi connectivity index (χ2n) is 6.48. The zero-order valence-corrected chi connectivity index (χ0v) is 15.3. The summed E-state index contributed by atoms with van der Waals surface area (Å²) < 4.78 is 8.58. The molecule has 0 fully saturated rings. The van der Waals surface area contributed by atoms with Gasteiger partial charge in [-0.15, -0.1) is 0 Å². The Bertz CT molecular complexity index is 1190. The van der Waals surface area contributed by atoms with E-state index in [0.717, 1.165) is 15.8 Å². The summed E-state index contributed by atoms with van der Waals surface area (Å²) >= 11 is 0. The molecule has 0 bridgehead atoms. The van der Waals surface area contributed by atoms with Crippen LogP contribution in [-0.4, -0.2) is 38.3 Å². The van der Waals surface area contributed by atoms with E-state index in [1.54, 1.807) is 11.6 Å². The molecule has 0 radical (unpaired) electrons. The second-order valence-corrected chi connectivity index (χ2v) is 6.48. The van der Waals surface area contributed by atoms with Crippen molar-refractivity contribution in [3.05, 3.63) is 50.7 Å². The lowest BCUT2D eigenvalue weighted by atomic mass is 10.2. The largest absolute Gasteiger partial charge is 0.468 e. The van der Waals surface area contributed by atoms with Gasteiger partial charge in [-0.1, -0.05) is 18.2 Å². The maximum atomic E-state index is 12.9. The van der Waals surface area contributed by atoms with Crippen LogP contribution in [0.4, 0.5) is 11.6 Å². The summed E-state index contributed by atoms with van der Waals surface area (Å²) in [6.07, 6.45) is 0. The minimum atomic E-state index is -0.656. The fourth-order valence-corrected chi connectivity index (χ4v) is 3.51. The zero-order chi connectivity index (χ0) is 19.3. The van der Waals surface area contributed by atoms with E-state index in [1.165, 1.54) is 11.7 Å². The highest BCUT2D eigenvalue weighted by Gasteiger charge is 2.29. The second kappa shape index (κ2) is 6.11. The van der Waals surface area contributed by atoms with Crippen molar-refractivity contribution < 1.29 is 9.53 Å². The van der Waals surface area contributed by atoms with E-state index in [1.807, 2.05) is 36.1 Å². The molecule has 1 aliphatic rings. The molecule has 3 aromatic rings. The molecular formula is C18H19N5O4. The molecular weight excluding hydrogens is 350 g/mol. The Labute approximate surface area is 154 Å². The Morgan fingerprint density at radius 3 is 2.67 bits per heavy atom. The van der Waals surface area contributed by atoms with Gasteiger partial charge < -0.3 is 14.2 Å². The van der Waals surface area contributed by atoms with Crippen molar-refractivity contribution >= 4 is 28.8 Å². The number of carbonyl (C=O) groups is 1. The van der Waals surface area contributed by atoms with Crippen LogP contribution in [0.5, 0.6) is 0 Å². The van der Waals surface area contributed by atoms with Crippen LogP contribution in [0.15, 0.2) is 33.9 Å². The first-order valence-corrected chi connectivity index (χ1v) is 8.54. The number of ether oxygens (including phenoxy) is 1. The van der Waals surface area contributed by atoms with Gasteiger partial charge in [0.2, 0.25) is 5.95 Å². The molecule has 2 aromatic heterocycles. The Balaban J connectivity index is 1.95. The lowest BCUT2D eigenvalue weighted by Crippen LogP contribution is -2.41. The molecule has 0 spiro atoms. The molecule has 1 aromatic carbocycles. The highest BCUT2D eigenvalue weighted by Crippen LogP contribution is 2.33. The first-order chi connectivity index (χ1) is 12.9. The number of hydrogen-bond donors (Lipinski definition) is 0. The molecule has 9 heteroatoms. The van der Waals surface area contributed by atoms with Crippen LogP contribution in [-0.2, 0) is 29.7 Å². The molecule has 4 rings (SSSR count). The Kier molecular flexibility index (Phi) is 3.87. The lowest BCUT2D eigenvalue weighted by molar-refractivity contribution is -0.141. The van der Waals surface area contributed by atoms with E-state index in [4.69, 9.17) is 0 Å². The van der Waals surface area contributed by atoms with Crippen LogP contribution in [0.3, 0.4) is 0 Å². The van der Waals surface area contributed by atoms with Crippen LogP contribution in [0.1, 0.15) is 5.56 Å². The average Bonchev–Trinajstić information content (AvgIpc) is 3.23. The number of anilines is 2. The van der Waals surface area contributed by atoms with Crippen molar-refractivity contribution in [1.29, 1.82) is 0 Å². The number of aromatic nitrogens is 4. The SMILES string of the molecule is COC(=O)Cn1c(=O)c2c(nc3n2CCN3c2ccccc2C)n(C)c1=O. The van der Waals surface area contributed by atoms with E-state index in [-0.39, 0.29) is 0 Å². The standard InChI is InChI=1S/C18H19N5O4/c1-11-6-4-5-7-12(11)21-8-9-22-14-15(19-17(21)22)20(2)18(26)23(16(14)25)10-13(24)27-3/h4-7H,8-10H2,1-3H3. The van der Waals surface area contributed by atoms with Crippen LogP contribution in [0, 0.1) is 6.92 Å². The van der Waals surface area contributed by atoms with Crippen molar-refractivity contribution in [2.75, 3.05) is 18.6 Å². The monoisotopic (exact) mass is 369 g/mol. The topological polar surface area (TPSA) is 91.4 Å². The fraction of sp³-hybridized carbons (Fsp3) is 0.333.